The molecule has 0 atom stereocenters. The van der Waals surface area contributed by atoms with E-state index in [0.717, 1.165) is 6.07 Å². The van der Waals surface area contributed by atoms with Gasteiger partial charge in [0.2, 0.25) is 0 Å². The summed E-state index contributed by atoms with van der Waals surface area (Å²) in [5.41, 5.74) is 0.853. The summed E-state index contributed by atoms with van der Waals surface area (Å²) < 4.78 is 13.1. The molecule has 0 aliphatic carbocycles. The van der Waals surface area contributed by atoms with E-state index < -0.39 is 11.8 Å². The zero-order valence-corrected chi connectivity index (χ0v) is 8.09. The standard InChI is InChI=1S/C11H7FN2O2/c12-10-2-1-7(3-9(10)11(15)16)8-4-13-6-14-5-8/h1-6H,(H,15,16). The molecule has 1 aromatic carbocycles. The average molecular weight is 218 g/mol. The van der Waals surface area contributed by atoms with Gasteiger partial charge in [0.25, 0.3) is 0 Å². The van der Waals surface area contributed by atoms with Crippen molar-refractivity contribution < 1.29 is 14.3 Å². The quantitative estimate of drug-likeness (QED) is 0.837. The van der Waals surface area contributed by atoms with E-state index in [4.69, 9.17) is 5.11 Å². The van der Waals surface area contributed by atoms with Crippen LogP contribution in [0.5, 0.6) is 0 Å². The molecule has 0 amide bonds. The second-order valence-electron chi connectivity index (χ2n) is 3.13. The van der Waals surface area contributed by atoms with E-state index in [2.05, 4.69) is 9.97 Å². The van der Waals surface area contributed by atoms with Crippen molar-refractivity contribution in [1.82, 2.24) is 9.97 Å². The highest BCUT2D eigenvalue weighted by molar-refractivity contribution is 5.89. The number of hydrogen-bond acceptors (Lipinski definition) is 3. The number of aromatic carboxylic acids is 1. The van der Waals surface area contributed by atoms with Crippen LogP contribution in [0.1, 0.15) is 10.4 Å². The Bertz CT molecular complexity index is 529. The molecular formula is C11H7FN2O2. The van der Waals surface area contributed by atoms with Crippen LogP contribution in [0.4, 0.5) is 4.39 Å². The monoisotopic (exact) mass is 218 g/mol. The number of aromatic nitrogens is 2. The smallest absolute Gasteiger partial charge is 0.338 e. The molecule has 2 rings (SSSR count). The molecule has 5 heteroatoms. The summed E-state index contributed by atoms with van der Waals surface area (Å²) in [6.45, 7) is 0. The minimum absolute atomic E-state index is 0.360. The molecule has 4 nitrogen and oxygen atoms in total. The van der Waals surface area contributed by atoms with Gasteiger partial charge in [-0.2, -0.15) is 0 Å². The van der Waals surface area contributed by atoms with Crippen molar-refractivity contribution in [2.75, 3.05) is 0 Å². The zero-order valence-electron chi connectivity index (χ0n) is 8.09. The lowest BCUT2D eigenvalue weighted by molar-refractivity contribution is 0.0692. The van der Waals surface area contributed by atoms with Crippen molar-refractivity contribution in [3.8, 4) is 11.1 Å². The summed E-state index contributed by atoms with van der Waals surface area (Å²) in [5.74, 6) is -2.05. The van der Waals surface area contributed by atoms with Gasteiger partial charge in [-0.15, -0.1) is 0 Å². The van der Waals surface area contributed by atoms with Crippen molar-refractivity contribution in [2.45, 2.75) is 0 Å². The molecular weight excluding hydrogens is 211 g/mol. The van der Waals surface area contributed by atoms with Gasteiger partial charge < -0.3 is 5.11 Å². The lowest BCUT2D eigenvalue weighted by atomic mass is 10.1. The molecule has 0 unspecified atom stereocenters. The summed E-state index contributed by atoms with van der Waals surface area (Å²) in [4.78, 5) is 18.3. The van der Waals surface area contributed by atoms with Crippen molar-refractivity contribution >= 4 is 5.97 Å². The van der Waals surface area contributed by atoms with Gasteiger partial charge in [-0.05, 0) is 17.7 Å². The van der Waals surface area contributed by atoms with Crippen LogP contribution in [0.3, 0.4) is 0 Å². The lowest BCUT2D eigenvalue weighted by Crippen LogP contribution is -2.00. The topological polar surface area (TPSA) is 63.1 Å². The van der Waals surface area contributed by atoms with E-state index in [0.29, 0.717) is 11.1 Å². The fraction of sp³-hybridized carbons (Fsp3) is 0. The van der Waals surface area contributed by atoms with E-state index in [1.54, 1.807) is 0 Å². The molecule has 0 aliphatic heterocycles. The SMILES string of the molecule is O=C(O)c1cc(-c2cncnc2)ccc1F. The van der Waals surface area contributed by atoms with Gasteiger partial charge >= 0.3 is 5.97 Å². The number of hydrogen-bond donors (Lipinski definition) is 1. The predicted molar refractivity (Wildman–Crippen MR) is 54.4 cm³/mol. The van der Waals surface area contributed by atoms with Crippen LogP contribution < -0.4 is 0 Å². The molecule has 0 spiro atoms. The normalized spacial score (nSPS) is 10.1. The first-order chi connectivity index (χ1) is 7.68. The molecule has 0 bridgehead atoms. The Morgan fingerprint density at radius 3 is 2.50 bits per heavy atom. The number of benzene rings is 1. The minimum atomic E-state index is -1.30. The van der Waals surface area contributed by atoms with Crippen LogP contribution in [-0.2, 0) is 0 Å². The number of rotatable bonds is 2. The summed E-state index contributed by atoms with van der Waals surface area (Å²) in [6, 6.07) is 3.86. The molecule has 1 N–H and O–H groups in total. The number of halogens is 1. The van der Waals surface area contributed by atoms with E-state index in [1.807, 2.05) is 0 Å². The summed E-state index contributed by atoms with van der Waals surface area (Å²) >= 11 is 0. The van der Waals surface area contributed by atoms with Gasteiger partial charge in [0.05, 0.1) is 5.56 Å². The number of carboxylic acids is 1. The third kappa shape index (κ3) is 1.88. The third-order valence-corrected chi connectivity index (χ3v) is 2.09. The van der Waals surface area contributed by atoms with Crippen molar-refractivity contribution in [1.29, 1.82) is 0 Å². The molecule has 1 heterocycles. The number of carboxylic acid groups (broad SMARTS) is 1. The van der Waals surface area contributed by atoms with E-state index in [1.165, 1.54) is 30.9 Å². The van der Waals surface area contributed by atoms with Gasteiger partial charge in [0.1, 0.15) is 12.1 Å². The lowest BCUT2D eigenvalue weighted by Gasteiger charge is -2.02. The largest absolute Gasteiger partial charge is 0.478 e. The second kappa shape index (κ2) is 4.06. The first-order valence-electron chi connectivity index (χ1n) is 4.46. The number of nitrogens with zero attached hydrogens (tertiary/aromatic N) is 2. The molecule has 0 radical (unpaired) electrons. The second-order valence-corrected chi connectivity index (χ2v) is 3.13. The van der Waals surface area contributed by atoms with Crippen LogP contribution in [-0.4, -0.2) is 21.0 Å². The molecule has 0 saturated heterocycles. The Labute approximate surface area is 90.4 Å². The van der Waals surface area contributed by atoms with Crippen LogP contribution >= 0.6 is 0 Å². The van der Waals surface area contributed by atoms with E-state index >= 15 is 0 Å². The fourth-order valence-corrected chi connectivity index (χ4v) is 1.32. The first-order valence-corrected chi connectivity index (χ1v) is 4.46. The average Bonchev–Trinajstić information content (AvgIpc) is 2.30. The van der Waals surface area contributed by atoms with Gasteiger partial charge in [0.15, 0.2) is 0 Å². The molecule has 0 saturated carbocycles. The van der Waals surface area contributed by atoms with Crippen molar-refractivity contribution in [3.05, 3.63) is 48.3 Å². The Morgan fingerprint density at radius 2 is 1.88 bits per heavy atom. The van der Waals surface area contributed by atoms with Crippen molar-refractivity contribution in [2.24, 2.45) is 0 Å². The van der Waals surface area contributed by atoms with Gasteiger partial charge in [-0.1, -0.05) is 6.07 Å². The minimum Gasteiger partial charge on any atom is -0.478 e. The molecule has 0 fully saturated rings. The Kier molecular flexibility index (Phi) is 2.59. The highest BCUT2D eigenvalue weighted by Gasteiger charge is 2.11. The third-order valence-electron chi connectivity index (χ3n) is 2.09. The maximum Gasteiger partial charge on any atom is 0.338 e. The van der Waals surface area contributed by atoms with Crippen molar-refractivity contribution in [3.63, 3.8) is 0 Å². The summed E-state index contributed by atoms with van der Waals surface area (Å²) in [6.07, 6.45) is 4.43. The number of carbonyl (C=O) groups is 1. The van der Waals surface area contributed by atoms with Gasteiger partial charge in [0, 0.05) is 18.0 Å². The zero-order chi connectivity index (χ0) is 11.5. The fourth-order valence-electron chi connectivity index (χ4n) is 1.32. The highest BCUT2D eigenvalue weighted by atomic mass is 19.1. The Balaban J connectivity index is 2.52. The molecule has 16 heavy (non-hydrogen) atoms. The Hall–Kier alpha value is -2.30. The van der Waals surface area contributed by atoms with Crippen LogP contribution in [0.15, 0.2) is 36.9 Å². The maximum atomic E-state index is 13.1. The summed E-state index contributed by atoms with van der Waals surface area (Å²) in [5, 5.41) is 8.77. The van der Waals surface area contributed by atoms with Gasteiger partial charge in [-0.25, -0.2) is 19.2 Å². The predicted octanol–water partition coefficient (Wildman–Crippen LogP) is 1.98. The van der Waals surface area contributed by atoms with E-state index in [-0.39, 0.29) is 5.56 Å². The first kappa shape index (κ1) is 10.2. The molecule has 80 valence electrons. The van der Waals surface area contributed by atoms with Crippen LogP contribution in [0.25, 0.3) is 11.1 Å². The molecule has 2 aromatic rings. The van der Waals surface area contributed by atoms with Gasteiger partial charge in [-0.3, -0.25) is 0 Å². The Morgan fingerprint density at radius 1 is 1.19 bits per heavy atom. The molecule has 0 aliphatic rings. The van der Waals surface area contributed by atoms with Crippen LogP contribution in [0, 0.1) is 5.82 Å². The maximum absolute atomic E-state index is 13.1. The summed E-state index contributed by atoms with van der Waals surface area (Å²) in [7, 11) is 0. The molecule has 1 aromatic heterocycles. The van der Waals surface area contributed by atoms with Crippen LogP contribution in [0.2, 0.25) is 0 Å². The highest BCUT2D eigenvalue weighted by Crippen LogP contribution is 2.20. The van der Waals surface area contributed by atoms with E-state index in [9.17, 15) is 9.18 Å².